The van der Waals surface area contributed by atoms with Gasteiger partial charge in [0.2, 0.25) is 0 Å². The van der Waals surface area contributed by atoms with Gasteiger partial charge in [-0.25, -0.2) is 9.97 Å². The zero-order valence-electron chi connectivity index (χ0n) is 12.0. The number of rotatable bonds is 5. The topological polar surface area (TPSA) is 41.1 Å². The van der Waals surface area contributed by atoms with Crippen LogP contribution in [-0.4, -0.2) is 35.5 Å². The van der Waals surface area contributed by atoms with Crippen molar-refractivity contribution in [3.05, 3.63) is 39.7 Å². The molecular formula is C15H19IN4. The number of aromatic nitrogens is 2. The van der Waals surface area contributed by atoms with Crippen LogP contribution in [0, 0.1) is 3.57 Å². The third-order valence-electron chi connectivity index (χ3n) is 2.75. The highest BCUT2D eigenvalue weighted by molar-refractivity contribution is 14.1. The van der Waals surface area contributed by atoms with E-state index in [1.54, 1.807) is 0 Å². The smallest absolute Gasteiger partial charge is 0.145 e. The standard InChI is InChI=1S/C15H19IN4/c1-4-17-15-13(16)14(11-8-6-5-7-9-11)18-12(19-15)10-20(2)3/h5-9H,4,10H2,1-3H3,(H,17,18,19). The highest BCUT2D eigenvalue weighted by Crippen LogP contribution is 2.28. The van der Waals surface area contributed by atoms with Crippen LogP contribution in [0.1, 0.15) is 12.7 Å². The van der Waals surface area contributed by atoms with E-state index in [4.69, 9.17) is 4.98 Å². The normalized spacial score (nSPS) is 10.8. The van der Waals surface area contributed by atoms with Gasteiger partial charge in [-0.2, -0.15) is 0 Å². The molecule has 0 aliphatic rings. The van der Waals surface area contributed by atoms with E-state index in [0.29, 0.717) is 0 Å². The number of hydrogen-bond donors (Lipinski definition) is 1. The minimum absolute atomic E-state index is 0.731. The Bertz CT molecular complexity index is 570. The molecule has 0 aliphatic carbocycles. The van der Waals surface area contributed by atoms with E-state index in [2.05, 4.69) is 56.8 Å². The van der Waals surface area contributed by atoms with Gasteiger partial charge in [-0.1, -0.05) is 30.3 Å². The molecule has 106 valence electrons. The molecule has 0 spiro atoms. The number of benzene rings is 1. The van der Waals surface area contributed by atoms with E-state index >= 15 is 0 Å². The molecule has 1 N–H and O–H groups in total. The molecule has 4 nitrogen and oxygen atoms in total. The summed E-state index contributed by atoms with van der Waals surface area (Å²) in [4.78, 5) is 11.4. The second kappa shape index (κ2) is 6.99. The van der Waals surface area contributed by atoms with Crippen LogP contribution in [0.15, 0.2) is 30.3 Å². The number of anilines is 1. The highest BCUT2D eigenvalue weighted by atomic mass is 127. The second-order valence-corrected chi connectivity index (χ2v) is 5.86. The number of halogens is 1. The van der Waals surface area contributed by atoms with Gasteiger partial charge in [-0.05, 0) is 43.6 Å². The molecule has 0 fully saturated rings. The van der Waals surface area contributed by atoms with Crippen molar-refractivity contribution < 1.29 is 0 Å². The summed E-state index contributed by atoms with van der Waals surface area (Å²) in [6.07, 6.45) is 0. The SMILES string of the molecule is CCNc1nc(CN(C)C)nc(-c2ccccc2)c1I. The van der Waals surface area contributed by atoms with Crippen LogP contribution in [0.4, 0.5) is 5.82 Å². The zero-order chi connectivity index (χ0) is 14.5. The molecule has 0 bridgehead atoms. The Labute approximate surface area is 133 Å². The molecule has 2 rings (SSSR count). The van der Waals surface area contributed by atoms with Gasteiger partial charge in [-0.3, -0.25) is 0 Å². The van der Waals surface area contributed by atoms with Gasteiger partial charge in [0.25, 0.3) is 0 Å². The van der Waals surface area contributed by atoms with E-state index in [0.717, 1.165) is 39.6 Å². The predicted molar refractivity (Wildman–Crippen MR) is 91.7 cm³/mol. The average Bonchev–Trinajstić information content (AvgIpc) is 2.43. The van der Waals surface area contributed by atoms with E-state index < -0.39 is 0 Å². The molecule has 0 aliphatic heterocycles. The van der Waals surface area contributed by atoms with E-state index in [9.17, 15) is 0 Å². The molecule has 0 saturated carbocycles. The van der Waals surface area contributed by atoms with Gasteiger partial charge >= 0.3 is 0 Å². The van der Waals surface area contributed by atoms with Gasteiger partial charge < -0.3 is 10.2 Å². The largest absolute Gasteiger partial charge is 0.369 e. The van der Waals surface area contributed by atoms with Gasteiger partial charge in [0.15, 0.2) is 0 Å². The lowest BCUT2D eigenvalue weighted by Crippen LogP contribution is -2.16. The minimum atomic E-state index is 0.731. The van der Waals surface area contributed by atoms with Crippen LogP contribution < -0.4 is 5.32 Å². The predicted octanol–water partition coefficient (Wildman–Crippen LogP) is 3.24. The lowest BCUT2D eigenvalue weighted by molar-refractivity contribution is 0.390. The fourth-order valence-corrected chi connectivity index (χ4v) is 2.66. The fourth-order valence-electron chi connectivity index (χ4n) is 1.92. The molecule has 5 heteroatoms. The van der Waals surface area contributed by atoms with Crippen LogP contribution >= 0.6 is 22.6 Å². The summed E-state index contributed by atoms with van der Waals surface area (Å²) < 4.78 is 1.07. The molecule has 0 amide bonds. The van der Waals surface area contributed by atoms with Crippen LogP contribution in [0.3, 0.4) is 0 Å². The molecule has 0 atom stereocenters. The lowest BCUT2D eigenvalue weighted by Gasteiger charge is -2.14. The van der Waals surface area contributed by atoms with Crippen molar-refractivity contribution in [3.63, 3.8) is 0 Å². The zero-order valence-corrected chi connectivity index (χ0v) is 14.2. The van der Waals surface area contributed by atoms with Crippen LogP contribution in [-0.2, 0) is 6.54 Å². The molecule has 20 heavy (non-hydrogen) atoms. The summed E-state index contributed by atoms with van der Waals surface area (Å²) in [7, 11) is 4.05. The van der Waals surface area contributed by atoms with E-state index in [-0.39, 0.29) is 0 Å². The Hall–Kier alpha value is -1.21. The maximum Gasteiger partial charge on any atom is 0.145 e. The first-order valence-corrected chi connectivity index (χ1v) is 7.70. The van der Waals surface area contributed by atoms with Gasteiger partial charge in [0.1, 0.15) is 11.6 Å². The third kappa shape index (κ3) is 3.67. The van der Waals surface area contributed by atoms with Crippen molar-refractivity contribution in [2.24, 2.45) is 0 Å². The summed E-state index contributed by atoms with van der Waals surface area (Å²) in [6, 6.07) is 10.3. The Kier molecular flexibility index (Phi) is 5.31. The summed E-state index contributed by atoms with van der Waals surface area (Å²) in [5.41, 5.74) is 2.12. The molecule has 0 radical (unpaired) electrons. The maximum absolute atomic E-state index is 4.73. The summed E-state index contributed by atoms with van der Waals surface area (Å²) in [6.45, 7) is 3.66. The van der Waals surface area contributed by atoms with Crippen LogP contribution in [0.25, 0.3) is 11.3 Å². The summed E-state index contributed by atoms with van der Waals surface area (Å²) >= 11 is 2.32. The Morgan fingerprint density at radius 2 is 1.85 bits per heavy atom. The highest BCUT2D eigenvalue weighted by Gasteiger charge is 2.13. The van der Waals surface area contributed by atoms with Gasteiger partial charge in [-0.15, -0.1) is 0 Å². The second-order valence-electron chi connectivity index (χ2n) is 4.79. The monoisotopic (exact) mass is 382 g/mol. The average molecular weight is 382 g/mol. The van der Waals surface area contributed by atoms with Crippen molar-refractivity contribution in [3.8, 4) is 11.3 Å². The molecule has 1 heterocycles. The first kappa shape index (κ1) is 15.2. The van der Waals surface area contributed by atoms with E-state index in [1.165, 1.54) is 0 Å². The van der Waals surface area contributed by atoms with Crippen molar-refractivity contribution >= 4 is 28.4 Å². The molecular weight excluding hydrogens is 363 g/mol. The first-order chi connectivity index (χ1) is 9.61. The lowest BCUT2D eigenvalue weighted by atomic mass is 10.1. The van der Waals surface area contributed by atoms with Crippen molar-refractivity contribution in [1.29, 1.82) is 0 Å². The Morgan fingerprint density at radius 1 is 1.15 bits per heavy atom. The summed E-state index contributed by atoms with van der Waals surface area (Å²) in [5, 5.41) is 3.32. The number of nitrogens with one attached hydrogen (secondary N) is 1. The first-order valence-electron chi connectivity index (χ1n) is 6.62. The molecule has 2 aromatic rings. The molecule has 0 unspecified atom stereocenters. The third-order valence-corrected chi connectivity index (χ3v) is 3.77. The van der Waals surface area contributed by atoms with Gasteiger partial charge in [0, 0.05) is 12.1 Å². The fraction of sp³-hybridized carbons (Fsp3) is 0.333. The number of nitrogens with zero attached hydrogens (tertiary/aromatic N) is 3. The van der Waals surface area contributed by atoms with Crippen LogP contribution in [0.5, 0.6) is 0 Å². The maximum atomic E-state index is 4.73. The van der Waals surface area contributed by atoms with Gasteiger partial charge in [0.05, 0.1) is 15.8 Å². The van der Waals surface area contributed by atoms with Crippen molar-refractivity contribution in [1.82, 2.24) is 14.9 Å². The minimum Gasteiger partial charge on any atom is -0.369 e. The molecule has 1 aromatic heterocycles. The van der Waals surface area contributed by atoms with Crippen molar-refractivity contribution in [2.45, 2.75) is 13.5 Å². The number of hydrogen-bond acceptors (Lipinski definition) is 4. The molecule has 1 aromatic carbocycles. The Balaban J connectivity index is 2.51. The van der Waals surface area contributed by atoms with Crippen LogP contribution in [0.2, 0.25) is 0 Å². The quantitative estimate of drug-likeness (QED) is 0.807. The summed E-state index contributed by atoms with van der Waals surface area (Å²) in [5.74, 6) is 1.75. The van der Waals surface area contributed by atoms with Crippen molar-refractivity contribution in [2.75, 3.05) is 26.0 Å². The Morgan fingerprint density at radius 3 is 2.45 bits per heavy atom. The van der Waals surface area contributed by atoms with E-state index in [1.807, 2.05) is 32.3 Å². The molecule has 0 saturated heterocycles.